The lowest BCUT2D eigenvalue weighted by atomic mass is 10.1. The van der Waals surface area contributed by atoms with Crippen LogP contribution < -0.4 is 5.32 Å². The average molecular weight is 414 g/mol. The molecule has 1 aromatic heterocycles. The highest BCUT2D eigenvalue weighted by atomic mass is 79.9. The van der Waals surface area contributed by atoms with Crippen LogP contribution in [-0.4, -0.2) is 18.0 Å². The van der Waals surface area contributed by atoms with Gasteiger partial charge in [-0.1, -0.05) is 36.4 Å². The van der Waals surface area contributed by atoms with Gasteiger partial charge < -0.3 is 14.5 Å². The Bertz CT molecular complexity index is 971. The molecule has 6 heteroatoms. The summed E-state index contributed by atoms with van der Waals surface area (Å²) in [5.74, 6) is -0.524. The molecule has 1 heterocycles. The highest BCUT2D eigenvalue weighted by Crippen LogP contribution is 2.23. The Balaban J connectivity index is 1.62. The van der Waals surface area contributed by atoms with Crippen LogP contribution in [0.15, 0.2) is 69.8 Å². The van der Waals surface area contributed by atoms with Crippen LogP contribution in [-0.2, 0) is 14.3 Å². The minimum Gasteiger partial charge on any atom is -0.450 e. The molecule has 0 unspecified atom stereocenters. The van der Waals surface area contributed by atoms with Crippen molar-refractivity contribution in [3.05, 3.63) is 71.1 Å². The summed E-state index contributed by atoms with van der Waals surface area (Å²) in [4.78, 5) is 24.2. The molecule has 3 aromatic rings. The van der Waals surface area contributed by atoms with Crippen molar-refractivity contribution in [3.8, 4) is 0 Å². The minimum absolute atomic E-state index is 0.399. The number of furan rings is 1. The van der Waals surface area contributed by atoms with E-state index in [1.807, 2.05) is 42.5 Å². The van der Waals surface area contributed by atoms with E-state index >= 15 is 0 Å². The molecule has 0 spiro atoms. The summed E-state index contributed by atoms with van der Waals surface area (Å²) in [6.07, 6.45) is 1.75. The van der Waals surface area contributed by atoms with Gasteiger partial charge in [0.1, 0.15) is 5.76 Å². The van der Waals surface area contributed by atoms with Crippen LogP contribution in [0.3, 0.4) is 0 Å². The molecule has 5 nitrogen and oxygen atoms in total. The highest BCUT2D eigenvalue weighted by molar-refractivity contribution is 9.10. The van der Waals surface area contributed by atoms with Gasteiger partial charge in [-0.05, 0) is 52.5 Å². The lowest BCUT2D eigenvalue weighted by molar-refractivity contribution is -0.148. The van der Waals surface area contributed by atoms with Crippen molar-refractivity contribution in [2.24, 2.45) is 0 Å². The molecule has 0 aliphatic heterocycles. The van der Waals surface area contributed by atoms with E-state index in [1.54, 1.807) is 12.1 Å². The molecule has 0 radical (unpaired) electrons. The maximum atomic E-state index is 12.3. The number of carbonyl (C=O) groups is 2. The van der Waals surface area contributed by atoms with Gasteiger partial charge in [-0.25, -0.2) is 4.79 Å². The number of ether oxygens (including phenoxy) is 1. The number of carbonyl (C=O) groups excluding carboxylic acids is 2. The highest BCUT2D eigenvalue weighted by Gasteiger charge is 2.17. The second kappa shape index (κ2) is 8.01. The lowest BCUT2D eigenvalue weighted by Gasteiger charge is -2.13. The molecule has 0 fully saturated rings. The average Bonchev–Trinajstić information content (AvgIpc) is 3.05. The van der Waals surface area contributed by atoms with Crippen LogP contribution >= 0.6 is 15.9 Å². The maximum Gasteiger partial charge on any atom is 0.331 e. The molecule has 26 heavy (non-hydrogen) atoms. The van der Waals surface area contributed by atoms with Gasteiger partial charge in [0.25, 0.3) is 5.91 Å². The van der Waals surface area contributed by atoms with Crippen molar-refractivity contribution >= 4 is 50.3 Å². The fraction of sp³-hybridized carbons (Fsp3) is 0.100. The van der Waals surface area contributed by atoms with Crippen molar-refractivity contribution in [3.63, 3.8) is 0 Å². The molecule has 0 saturated heterocycles. The largest absolute Gasteiger partial charge is 0.450 e. The van der Waals surface area contributed by atoms with Crippen molar-refractivity contribution < 1.29 is 18.7 Å². The monoisotopic (exact) mass is 413 g/mol. The molecule has 2 aromatic carbocycles. The standard InChI is InChI=1S/C20H16BrNO4/c1-13(25-19(23)12-10-15-9-11-18(21)26-15)20(24)22-17-8-4-6-14-5-2-3-7-16(14)17/h2-13H,1H3,(H,22,24)/b12-10+/t13-/m1/s1. The molecular formula is C20H16BrNO4. The first-order valence-electron chi connectivity index (χ1n) is 7.95. The molecule has 0 aliphatic rings. The summed E-state index contributed by atoms with van der Waals surface area (Å²) < 4.78 is 10.9. The van der Waals surface area contributed by atoms with Crippen LogP contribution in [0.4, 0.5) is 5.69 Å². The number of amides is 1. The molecule has 0 saturated carbocycles. The first-order chi connectivity index (χ1) is 12.5. The summed E-state index contributed by atoms with van der Waals surface area (Å²) >= 11 is 3.18. The van der Waals surface area contributed by atoms with Crippen molar-refractivity contribution in [1.29, 1.82) is 0 Å². The van der Waals surface area contributed by atoms with E-state index in [0.29, 0.717) is 16.1 Å². The summed E-state index contributed by atoms with van der Waals surface area (Å²) in [6.45, 7) is 1.52. The van der Waals surface area contributed by atoms with E-state index in [2.05, 4.69) is 21.2 Å². The number of benzene rings is 2. The third-order valence-electron chi connectivity index (χ3n) is 3.69. The van der Waals surface area contributed by atoms with Crippen LogP contribution in [0.2, 0.25) is 0 Å². The Kier molecular flexibility index (Phi) is 5.53. The van der Waals surface area contributed by atoms with Crippen LogP contribution in [0, 0.1) is 0 Å². The number of hydrogen-bond acceptors (Lipinski definition) is 4. The van der Waals surface area contributed by atoms with Crippen LogP contribution in [0.1, 0.15) is 12.7 Å². The number of esters is 1. The van der Waals surface area contributed by atoms with Gasteiger partial charge in [-0.2, -0.15) is 0 Å². The predicted octanol–water partition coefficient (Wildman–Crippen LogP) is 4.78. The van der Waals surface area contributed by atoms with E-state index in [9.17, 15) is 9.59 Å². The number of rotatable bonds is 5. The Morgan fingerprint density at radius 3 is 2.65 bits per heavy atom. The predicted molar refractivity (Wildman–Crippen MR) is 104 cm³/mol. The zero-order valence-corrected chi connectivity index (χ0v) is 15.5. The zero-order chi connectivity index (χ0) is 18.5. The second-order valence-corrected chi connectivity index (χ2v) is 6.35. The molecule has 3 rings (SSSR count). The third kappa shape index (κ3) is 4.40. The summed E-state index contributed by atoms with van der Waals surface area (Å²) in [6, 6.07) is 16.8. The first-order valence-corrected chi connectivity index (χ1v) is 8.75. The Hall–Kier alpha value is -2.86. The van der Waals surface area contributed by atoms with Crippen molar-refractivity contribution in [1.82, 2.24) is 0 Å². The number of hydrogen-bond donors (Lipinski definition) is 1. The van der Waals surface area contributed by atoms with Gasteiger partial charge in [0.2, 0.25) is 0 Å². The Morgan fingerprint density at radius 2 is 1.88 bits per heavy atom. The summed E-state index contributed by atoms with van der Waals surface area (Å²) in [5, 5.41) is 4.74. The van der Waals surface area contributed by atoms with E-state index in [1.165, 1.54) is 19.1 Å². The number of fused-ring (bicyclic) bond motifs is 1. The van der Waals surface area contributed by atoms with Gasteiger partial charge in [0.05, 0.1) is 0 Å². The molecule has 0 bridgehead atoms. The van der Waals surface area contributed by atoms with Crippen molar-refractivity contribution in [2.75, 3.05) is 5.32 Å². The fourth-order valence-electron chi connectivity index (χ4n) is 2.40. The number of nitrogens with one attached hydrogen (secondary N) is 1. The van der Waals surface area contributed by atoms with E-state index in [0.717, 1.165) is 10.8 Å². The first kappa shape index (κ1) is 17.9. The van der Waals surface area contributed by atoms with Gasteiger partial charge in [0.15, 0.2) is 10.8 Å². The SMILES string of the molecule is C[C@@H](OC(=O)/C=C/c1ccc(Br)o1)C(=O)Nc1cccc2ccccc12. The van der Waals surface area contributed by atoms with E-state index in [-0.39, 0.29) is 0 Å². The van der Waals surface area contributed by atoms with Crippen LogP contribution in [0.25, 0.3) is 16.8 Å². The molecular weight excluding hydrogens is 398 g/mol. The molecule has 1 N–H and O–H groups in total. The quantitative estimate of drug-likeness (QED) is 0.482. The normalized spacial score (nSPS) is 12.2. The van der Waals surface area contributed by atoms with E-state index in [4.69, 9.17) is 9.15 Å². The summed E-state index contributed by atoms with van der Waals surface area (Å²) in [7, 11) is 0. The molecule has 1 amide bonds. The second-order valence-electron chi connectivity index (χ2n) is 5.57. The van der Waals surface area contributed by atoms with Gasteiger partial charge in [-0.15, -0.1) is 0 Å². The smallest absolute Gasteiger partial charge is 0.331 e. The zero-order valence-electron chi connectivity index (χ0n) is 13.9. The van der Waals surface area contributed by atoms with Crippen LogP contribution in [0.5, 0.6) is 0 Å². The molecule has 1 atom stereocenters. The lowest BCUT2D eigenvalue weighted by Crippen LogP contribution is -2.29. The Morgan fingerprint density at radius 1 is 1.12 bits per heavy atom. The molecule has 0 aliphatic carbocycles. The maximum absolute atomic E-state index is 12.3. The number of anilines is 1. The van der Waals surface area contributed by atoms with Crippen molar-refractivity contribution in [2.45, 2.75) is 13.0 Å². The third-order valence-corrected chi connectivity index (χ3v) is 4.11. The van der Waals surface area contributed by atoms with E-state index < -0.39 is 18.0 Å². The fourth-order valence-corrected chi connectivity index (χ4v) is 2.72. The minimum atomic E-state index is -0.936. The Labute approximate surface area is 158 Å². The molecule has 132 valence electrons. The van der Waals surface area contributed by atoms with Gasteiger partial charge in [0, 0.05) is 17.1 Å². The van der Waals surface area contributed by atoms with Gasteiger partial charge >= 0.3 is 5.97 Å². The van der Waals surface area contributed by atoms with Gasteiger partial charge in [-0.3, -0.25) is 4.79 Å². The topological polar surface area (TPSA) is 68.5 Å². The summed E-state index contributed by atoms with van der Waals surface area (Å²) in [5.41, 5.74) is 0.673. The number of halogens is 1.